The zero-order chi connectivity index (χ0) is 10.7. The van der Waals surface area contributed by atoms with E-state index >= 15 is 0 Å². The second-order valence-corrected chi connectivity index (χ2v) is 3.68. The summed E-state index contributed by atoms with van der Waals surface area (Å²) in [7, 11) is 1.68. The Bertz CT molecular complexity index is 315. The summed E-state index contributed by atoms with van der Waals surface area (Å²) in [4.78, 5) is 0. The number of ether oxygens (including phenoxy) is 2. The van der Waals surface area contributed by atoms with Crippen molar-refractivity contribution in [1.82, 2.24) is 14.8 Å². The Morgan fingerprint density at radius 2 is 2.53 bits per heavy atom. The number of hydrogen-bond acceptors (Lipinski definition) is 5. The van der Waals surface area contributed by atoms with Crippen molar-refractivity contribution in [2.75, 3.05) is 26.9 Å². The fourth-order valence-corrected chi connectivity index (χ4v) is 1.75. The maximum absolute atomic E-state index is 5.93. The molecule has 0 amide bonds. The molecule has 1 aromatic heterocycles. The van der Waals surface area contributed by atoms with Crippen molar-refractivity contribution >= 4 is 0 Å². The Labute approximate surface area is 88.4 Å². The molecule has 1 fully saturated rings. The average molecular weight is 212 g/mol. The Hall–Kier alpha value is -0.980. The van der Waals surface area contributed by atoms with Gasteiger partial charge in [0.15, 0.2) is 0 Å². The Morgan fingerprint density at radius 1 is 1.67 bits per heavy atom. The lowest BCUT2D eigenvalue weighted by molar-refractivity contribution is 0.182. The molecular weight excluding hydrogens is 196 g/mol. The molecule has 1 aliphatic heterocycles. The first-order chi connectivity index (χ1) is 7.33. The smallest absolute Gasteiger partial charge is 0.139 e. The summed E-state index contributed by atoms with van der Waals surface area (Å²) in [6.07, 6.45) is 1.71. The molecule has 2 atom stereocenters. The molecule has 1 saturated heterocycles. The van der Waals surface area contributed by atoms with Crippen LogP contribution in [0.5, 0.6) is 0 Å². The average Bonchev–Trinajstić information content (AvgIpc) is 2.82. The molecule has 6 nitrogen and oxygen atoms in total. The zero-order valence-electron chi connectivity index (χ0n) is 8.80. The van der Waals surface area contributed by atoms with Crippen LogP contribution in [0, 0.1) is 0 Å². The van der Waals surface area contributed by atoms with Crippen LogP contribution in [-0.2, 0) is 16.0 Å². The lowest BCUT2D eigenvalue weighted by atomic mass is 10.0. The van der Waals surface area contributed by atoms with E-state index in [0.717, 1.165) is 12.4 Å². The highest BCUT2D eigenvalue weighted by Gasteiger charge is 2.30. The first kappa shape index (κ1) is 10.5. The van der Waals surface area contributed by atoms with Gasteiger partial charge in [-0.2, -0.15) is 0 Å². The van der Waals surface area contributed by atoms with Gasteiger partial charge in [0, 0.05) is 19.7 Å². The van der Waals surface area contributed by atoms with Gasteiger partial charge in [-0.1, -0.05) is 0 Å². The van der Waals surface area contributed by atoms with E-state index in [1.807, 2.05) is 4.57 Å². The van der Waals surface area contributed by atoms with Gasteiger partial charge in [0.1, 0.15) is 12.2 Å². The maximum Gasteiger partial charge on any atom is 0.139 e. The Kier molecular flexibility index (Phi) is 3.30. The summed E-state index contributed by atoms with van der Waals surface area (Å²) in [5, 5.41) is 8.00. The van der Waals surface area contributed by atoms with E-state index in [1.165, 1.54) is 0 Å². The summed E-state index contributed by atoms with van der Waals surface area (Å²) < 4.78 is 12.3. The summed E-state index contributed by atoms with van der Waals surface area (Å²) in [5.74, 6) is 1.06. The summed E-state index contributed by atoms with van der Waals surface area (Å²) in [5.41, 5.74) is 5.93. The van der Waals surface area contributed by atoms with Crippen LogP contribution in [0.1, 0.15) is 11.7 Å². The fraction of sp³-hybridized carbons (Fsp3) is 0.778. The minimum absolute atomic E-state index is 0.0236. The second-order valence-electron chi connectivity index (χ2n) is 3.68. The van der Waals surface area contributed by atoms with Crippen molar-refractivity contribution in [3.05, 3.63) is 12.2 Å². The molecule has 0 spiro atoms. The molecule has 15 heavy (non-hydrogen) atoms. The van der Waals surface area contributed by atoms with Crippen LogP contribution in [0.3, 0.4) is 0 Å². The van der Waals surface area contributed by atoms with E-state index in [2.05, 4.69) is 10.2 Å². The van der Waals surface area contributed by atoms with Gasteiger partial charge in [-0.3, -0.25) is 0 Å². The molecule has 2 N–H and O–H groups in total. The van der Waals surface area contributed by atoms with E-state index in [9.17, 15) is 0 Å². The third kappa shape index (κ3) is 2.17. The van der Waals surface area contributed by atoms with Gasteiger partial charge in [-0.25, -0.2) is 0 Å². The van der Waals surface area contributed by atoms with Crippen LogP contribution in [0.25, 0.3) is 0 Å². The number of hydrogen-bond donors (Lipinski definition) is 1. The largest absolute Gasteiger partial charge is 0.383 e. The highest BCUT2D eigenvalue weighted by atomic mass is 16.5. The number of aromatic nitrogens is 3. The monoisotopic (exact) mass is 212 g/mol. The summed E-state index contributed by atoms with van der Waals surface area (Å²) >= 11 is 0. The number of rotatable bonds is 4. The van der Waals surface area contributed by atoms with Crippen molar-refractivity contribution in [3.63, 3.8) is 0 Å². The molecule has 0 aromatic carbocycles. The van der Waals surface area contributed by atoms with Crippen LogP contribution in [0.2, 0.25) is 0 Å². The molecule has 0 saturated carbocycles. The van der Waals surface area contributed by atoms with E-state index in [4.69, 9.17) is 15.2 Å². The van der Waals surface area contributed by atoms with Crippen molar-refractivity contribution in [3.8, 4) is 0 Å². The number of nitrogens with zero attached hydrogens (tertiary/aromatic N) is 3. The van der Waals surface area contributed by atoms with Gasteiger partial charge in [0.2, 0.25) is 0 Å². The highest BCUT2D eigenvalue weighted by Crippen LogP contribution is 2.22. The zero-order valence-corrected chi connectivity index (χ0v) is 8.80. The Morgan fingerprint density at radius 3 is 3.20 bits per heavy atom. The molecule has 1 aliphatic rings. The van der Waals surface area contributed by atoms with Gasteiger partial charge in [0.25, 0.3) is 0 Å². The summed E-state index contributed by atoms with van der Waals surface area (Å²) in [6, 6.07) is 0.0236. The van der Waals surface area contributed by atoms with Gasteiger partial charge in [0.05, 0.1) is 25.7 Å². The van der Waals surface area contributed by atoms with Crippen molar-refractivity contribution in [1.29, 1.82) is 0 Å². The van der Waals surface area contributed by atoms with Crippen molar-refractivity contribution in [2.24, 2.45) is 5.73 Å². The van der Waals surface area contributed by atoms with Crippen LogP contribution < -0.4 is 5.73 Å². The number of nitrogens with two attached hydrogens (primary N) is 1. The fourth-order valence-electron chi connectivity index (χ4n) is 1.75. The maximum atomic E-state index is 5.93. The number of methoxy groups -OCH3 is 1. The molecular formula is C9H16N4O2. The molecule has 0 radical (unpaired) electrons. The van der Waals surface area contributed by atoms with Crippen LogP contribution in [-0.4, -0.2) is 47.7 Å². The predicted octanol–water partition coefficient (Wildman–Crippen LogP) is -0.634. The van der Waals surface area contributed by atoms with Crippen molar-refractivity contribution < 1.29 is 9.47 Å². The standard InChI is InChI=1S/C9H16N4O2/c1-14-3-2-13-6-11-12-9(13)7-4-15-5-8(7)10/h6-8H,2-5,10H2,1H3. The quantitative estimate of drug-likeness (QED) is 0.719. The molecule has 0 aliphatic carbocycles. The van der Waals surface area contributed by atoms with Gasteiger partial charge >= 0.3 is 0 Å². The first-order valence-electron chi connectivity index (χ1n) is 5.03. The van der Waals surface area contributed by atoms with E-state index in [1.54, 1.807) is 13.4 Å². The minimum atomic E-state index is 0.0236. The van der Waals surface area contributed by atoms with Crippen LogP contribution in [0.4, 0.5) is 0 Å². The lowest BCUT2D eigenvalue weighted by Gasteiger charge is -2.13. The molecule has 2 unspecified atom stereocenters. The molecule has 2 rings (SSSR count). The topological polar surface area (TPSA) is 75.2 Å². The summed E-state index contributed by atoms with van der Waals surface area (Å²) in [6.45, 7) is 2.63. The molecule has 6 heteroatoms. The van der Waals surface area contributed by atoms with Crippen LogP contribution in [0.15, 0.2) is 6.33 Å². The SMILES string of the molecule is COCCn1cnnc1C1COCC1N. The van der Waals surface area contributed by atoms with E-state index in [-0.39, 0.29) is 12.0 Å². The molecule has 0 bridgehead atoms. The lowest BCUT2D eigenvalue weighted by Crippen LogP contribution is -2.29. The third-order valence-corrected chi connectivity index (χ3v) is 2.64. The van der Waals surface area contributed by atoms with Crippen molar-refractivity contribution in [2.45, 2.75) is 18.5 Å². The van der Waals surface area contributed by atoms with Gasteiger partial charge < -0.3 is 19.8 Å². The predicted molar refractivity (Wildman–Crippen MR) is 53.4 cm³/mol. The third-order valence-electron chi connectivity index (χ3n) is 2.64. The Balaban J connectivity index is 2.09. The van der Waals surface area contributed by atoms with Gasteiger partial charge in [-0.15, -0.1) is 10.2 Å². The van der Waals surface area contributed by atoms with Gasteiger partial charge in [-0.05, 0) is 0 Å². The highest BCUT2D eigenvalue weighted by molar-refractivity contribution is 5.04. The van der Waals surface area contributed by atoms with E-state index < -0.39 is 0 Å². The molecule has 2 heterocycles. The normalized spacial score (nSPS) is 26.0. The second kappa shape index (κ2) is 4.69. The molecule has 84 valence electrons. The first-order valence-corrected chi connectivity index (χ1v) is 5.03. The molecule has 1 aromatic rings. The minimum Gasteiger partial charge on any atom is -0.383 e. The van der Waals surface area contributed by atoms with E-state index in [0.29, 0.717) is 19.8 Å². The van der Waals surface area contributed by atoms with Crippen LogP contribution >= 0.6 is 0 Å².